The van der Waals surface area contributed by atoms with Gasteiger partial charge >= 0.3 is 10.3 Å². The summed E-state index contributed by atoms with van der Waals surface area (Å²) in [6.07, 6.45) is 5.56. The number of nitrogens with two attached hydrogens (primary N) is 1. The molecule has 24 heavy (non-hydrogen) atoms. The normalized spacial score (nSPS) is 38.2. The molecule has 0 unspecified atom stereocenters. The molecule has 0 heterocycles. The van der Waals surface area contributed by atoms with Crippen molar-refractivity contribution in [1.29, 1.82) is 0 Å². The zero-order valence-corrected chi connectivity index (χ0v) is 14.8. The van der Waals surface area contributed by atoms with Crippen molar-refractivity contribution in [3.05, 3.63) is 29.3 Å². The lowest BCUT2D eigenvalue weighted by molar-refractivity contribution is -0.00802. The number of hydrogen-bond donors (Lipinski definition) is 2. The molecule has 1 aromatic carbocycles. The van der Waals surface area contributed by atoms with Crippen LogP contribution in [0.3, 0.4) is 0 Å². The van der Waals surface area contributed by atoms with Crippen LogP contribution in [0, 0.1) is 17.3 Å². The van der Waals surface area contributed by atoms with E-state index in [0.717, 1.165) is 38.5 Å². The van der Waals surface area contributed by atoms with Crippen molar-refractivity contribution in [2.24, 2.45) is 22.4 Å². The first-order valence-electron chi connectivity index (χ1n) is 8.81. The molecule has 2 saturated carbocycles. The number of fused-ring (bicyclic) bond motifs is 5. The maximum absolute atomic E-state index is 11.4. The summed E-state index contributed by atoms with van der Waals surface area (Å²) in [5.41, 5.74) is 2.54. The molecule has 0 radical (unpaired) electrons. The number of aryl methyl sites for hydroxylation is 1. The lowest BCUT2D eigenvalue weighted by atomic mass is 9.55. The van der Waals surface area contributed by atoms with E-state index in [-0.39, 0.29) is 11.5 Å². The minimum Gasteiger partial charge on any atom is -0.508 e. The van der Waals surface area contributed by atoms with Crippen LogP contribution in [-0.2, 0) is 20.9 Å². The minimum atomic E-state index is -3.91. The number of phenolic OH excluding ortho intramolecular Hbond substituents is 1. The van der Waals surface area contributed by atoms with Crippen molar-refractivity contribution in [3.63, 3.8) is 0 Å². The lowest BCUT2D eigenvalue weighted by Crippen LogP contribution is -2.45. The van der Waals surface area contributed by atoms with Gasteiger partial charge in [-0.25, -0.2) is 5.14 Å². The third-order valence-electron chi connectivity index (χ3n) is 6.87. The second-order valence-corrected chi connectivity index (χ2v) is 9.18. The van der Waals surface area contributed by atoms with Gasteiger partial charge in [-0.1, -0.05) is 13.0 Å². The number of hydrogen-bond acceptors (Lipinski definition) is 4. The van der Waals surface area contributed by atoms with E-state index in [4.69, 9.17) is 9.32 Å². The predicted octanol–water partition coefficient (Wildman–Crippen LogP) is 2.84. The van der Waals surface area contributed by atoms with Crippen LogP contribution in [0.15, 0.2) is 18.2 Å². The van der Waals surface area contributed by atoms with Gasteiger partial charge in [0.1, 0.15) is 5.75 Å². The Balaban J connectivity index is 1.63. The van der Waals surface area contributed by atoms with Gasteiger partial charge in [0.2, 0.25) is 0 Å². The molecule has 3 aliphatic carbocycles. The Morgan fingerprint density at radius 3 is 2.79 bits per heavy atom. The number of benzene rings is 1. The third kappa shape index (κ3) is 2.55. The van der Waals surface area contributed by atoms with Gasteiger partial charge in [0.05, 0.1) is 6.10 Å². The summed E-state index contributed by atoms with van der Waals surface area (Å²) < 4.78 is 28.1. The first-order chi connectivity index (χ1) is 11.3. The summed E-state index contributed by atoms with van der Waals surface area (Å²) in [5, 5.41) is 14.9. The molecule has 4 rings (SSSR count). The van der Waals surface area contributed by atoms with Crippen LogP contribution in [0.2, 0.25) is 0 Å². The maximum Gasteiger partial charge on any atom is 0.333 e. The van der Waals surface area contributed by atoms with Crippen molar-refractivity contribution in [2.75, 3.05) is 0 Å². The predicted molar refractivity (Wildman–Crippen MR) is 90.7 cm³/mol. The zero-order chi connectivity index (χ0) is 17.1. The van der Waals surface area contributed by atoms with E-state index in [9.17, 15) is 13.5 Å². The van der Waals surface area contributed by atoms with Crippen molar-refractivity contribution >= 4 is 10.3 Å². The molecule has 5 nitrogen and oxygen atoms in total. The van der Waals surface area contributed by atoms with Gasteiger partial charge in [0.25, 0.3) is 0 Å². The Bertz CT molecular complexity index is 762. The third-order valence-corrected chi connectivity index (χ3v) is 7.37. The summed E-state index contributed by atoms with van der Waals surface area (Å²) in [6, 6.07) is 5.77. The monoisotopic (exact) mass is 351 g/mol. The molecule has 5 atom stereocenters. The van der Waals surface area contributed by atoms with Crippen LogP contribution in [0.4, 0.5) is 0 Å². The van der Waals surface area contributed by atoms with Gasteiger partial charge in [0, 0.05) is 0 Å². The number of rotatable bonds is 2. The highest BCUT2D eigenvalue weighted by atomic mass is 32.2. The van der Waals surface area contributed by atoms with Crippen LogP contribution in [-0.4, -0.2) is 19.6 Å². The fourth-order valence-corrected chi connectivity index (χ4v) is 6.48. The van der Waals surface area contributed by atoms with E-state index in [1.807, 2.05) is 6.07 Å². The first-order valence-corrected chi connectivity index (χ1v) is 10.3. The summed E-state index contributed by atoms with van der Waals surface area (Å²) in [6.45, 7) is 2.18. The molecule has 2 fully saturated rings. The molecule has 3 aliphatic rings. The second-order valence-electron chi connectivity index (χ2n) is 8.00. The molecule has 3 N–H and O–H groups in total. The molecule has 132 valence electrons. The van der Waals surface area contributed by atoms with E-state index in [0.29, 0.717) is 23.5 Å². The molecule has 1 aromatic rings. The number of aromatic hydroxyl groups is 1. The fourth-order valence-electron chi connectivity index (χ4n) is 5.84. The average Bonchev–Trinajstić information content (AvgIpc) is 2.82. The molecule has 0 spiro atoms. The standard InChI is InChI=1S/C18H25NO4S/c1-18-9-8-14-13-5-3-12(20)10-11(13)2-4-15(14)16(18)6-7-17(18)23-24(19,21)22/h3,5,10,14-17,20H,2,4,6-9H2,1H3,(H2,19,21,22)/t14-,15-,16+,17-,18+/m1/s1. The molecule has 0 amide bonds. The van der Waals surface area contributed by atoms with Crippen molar-refractivity contribution in [2.45, 2.75) is 57.5 Å². The van der Waals surface area contributed by atoms with Crippen LogP contribution < -0.4 is 5.14 Å². The molecular weight excluding hydrogens is 326 g/mol. The van der Waals surface area contributed by atoms with Crippen LogP contribution in [0.5, 0.6) is 5.75 Å². The Kier molecular flexibility index (Phi) is 3.71. The minimum absolute atomic E-state index is 0.109. The van der Waals surface area contributed by atoms with Gasteiger partial charge in [-0.2, -0.15) is 8.42 Å². The zero-order valence-electron chi connectivity index (χ0n) is 13.9. The molecular formula is C18H25NO4S. The van der Waals surface area contributed by atoms with Crippen LogP contribution in [0.25, 0.3) is 0 Å². The van der Waals surface area contributed by atoms with Gasteiger partial charge in [0.15, 0.2) is 0 Å². The van der Waals surface area contributed by atoms with Crippen molar-refractivity contribution in [3.8, 4) is 5.75 Å². The summed E-state index contributed by atoms with van der Waals surface area (Å²) in [5.74, 6) is 1.90. The number of phenols is 1. The van der Waals surface area contributed by atoms with Gasteiger partial charge in [-0.15, -0.1) is 0 Å². The van der Waals surface area contributed by atoms with Crippen LogP contribution in [0.1, 0.15) is 56.1 Å². The highest BCUT2D eigenvalue weighted by Crippen LogP contribution is 2.61. The highest BCUT2D eigenvalue weighted by molar-refractivity contribution is 7.84. The average molecular weight is 351 g/mol. The second kappa shape index (κ2) is 5.44. The summed E-state index contributed by atoms with van der Waals surface area (Å²) >= 11 is 0. The Labute approximate surface area is 143 Å². The van der Waals surface area contributed by atoms with Gasteiger partial charge in [-0.05, 0) is 85.0 Å². The summed E-state index contributed by atoms with van der Waals surface area (Å²) in [4.78, 5) is 0. The van der Waals surface area contributed by atoms with Crippen LogP contribution >= 0.6 is 0 Å². The van der Waals surface area contributed by atoms with Crippen molar-refractivity contribution in [1.82, 2.24) is 0 Å². The topological polar surface area (TPSA) is 89.6 Å². The molecule has 0 bridgehead atoms. The van der Waals surface area contributed by atoms with E-state index >= 15 is 0 Å². The largest absolute Gasteiger partial charge is 0.508 e. The maximum atomic E-state index is 11.4. The Hall–Kier alpha value is -1.11. The molecule has 6 heteroatoms. The van der Waals surface area contributed by atoms with E-state index < -0.39 is 10.3 Å². The molecule has 0 saturated heterocycles. The van der Waals surface area contributed by atoms with E-state index in [1.54, 1.807) is 6.07 Å². The smallest absolute Gasteiger partial charge is 0.333 e. The Morgan fingerprint density at radius 1 is 1.25 bits per heavy atom. The first kappa shape index (κ1) is 16.4. The molecule has 0 aromatic heterocycles. The van der Waals surface area contributed by atoms with E-state index in [1.165, 1.54) is 11.1 Å². The molecule has 0 aliphatic heterocycles. The fraction of sp³-hybridized carbons (Fsp3) is 0.667. The Morgan fingerprint density at radius 2 is 2.04 bits per heavy atom. The van der Waals surface area contributed by atoms with Gasteiger partial charge in [-0.3, -0.25) is 4.18 Å². The quantitative estimate of drug-likeness (QED) is 0.857. The SMILES string of the molecule is C[C@]12CC[C@@H]3c4ccc(O)cc4CC[C@H]3[C@@H]1CC[C@H]2OS(N)(=O)=O. The lowest BCUT2D eigenvalue weighted by Gasteiger charge is -2.50. The van der Waals surface area contributed by atoms with E-state index in [2.05, 4.69) is 13.0 Å². The highest BCUT2D eigenvalue weighted by Gasteiger charge is 2.56. The van der Waals surface area contributed by atoms with Crippen molar-refractivity contribution < 1.29 is 17.7 Å². The van der Waals surface area contributed by atoms with Gasteiger partial charge < -0.3 is 5.11 Å². The summed E-state index contributed by atoms with van der Waals surface area (Å²) in [7, 11) is -3.91.